The van der Waals surface area contributed by atoms with Gasteiger partial charge in [0.05, 0.1) is 6.20 Å². The summed E-state index contributed by atoms with van der Waals surface area (Å²) in [5, 5.41) is 16.9. The van der Waals surface area contributed by atoms with Crippen LogP contribution in [0, 0.1) is 11.8 Å². The van der Waals surface area contributed by atoms with E-state index in [1.165, 1.54) is 0 Å². The lowest BCUT2D eigenvalue weighted by Gasteiger charge is -1.98. The Morgan fingerprint density at radius 2 is 2.00 bits per heavy atom. The molecule has 2 N–H and O–H groups in total. The van der Waals surface area contributed by atoms with E-state index < -0.39 is 24.3 Å². The van der Waals surface area contributed by atoms with Crippen LogP contribution in [0.25, 0.3) is 0 Å². The first-order chi connectivity index (χ1) is 5.11. The van der Waals surface area contributed by atoms with Crippen LogP contribution in [0.4, 0.5) is 8.78 Å². The van der Waals surface area contributed by atoms with Gasteiger partial charge < -0.3 is 10.0 Å². The molecule has 0 aliphatic rings. The molecule has 11 heavy (non-hydrogen) atoms. The Bertz CT molecular complexity index is 269. The number of pyridine rings is 1. The molecule has 0 aliphatic carbocycles. The lowest BCUT2D eigenvalue weighted by Crippen LogP contribution is -2.33. The molecule has 6 heteroatoms. The number of aromatic nitrogens is 1. The second kappa shape index (κ2) is 2.94. The summed E-state index contributed by atoms with van der Waals surface area (Å²) < 4.78 is 24.7. The van der Waals surface area contributed by atoms with Crippen LogP contribution in [0.3, 0.4) is 0 Å². The predicted molar refractivity (Wildman–Crippen MR) is 34.0 cm³/mol. The van der Waals surface area contributed by atoms with Crippen molar-refractivity contribution in [2.75, 3.05) is 0 Å². The van der Waals surface area contributed by atoms with Crippen molar-refractivity contribution in [1.29, 1.82) is 0 Å². The first kappa shape index (κ1) is 8.09. The van der Waals surface area contributed by atoms with Crippen molar-refractivity contribution in [3.05, 3.63) is 24.0 Å². The fourth-order valence-electron chi connectivity index (χ4n) is 0.619. The van der Waals surface area contributed by atoms with Crippen molar-refractivity contribution in [3.8, 4) is 0 Å². The van der Waals surface area contributed by atoms with Crippen LogP contribution in [-0.4, -0.2) is 22.2 Å². The molecule has 0 bridgehead atoms. The van der Waals surface area contributed by atoms with Gasteiger partial charge in [-0.15, -0.1) is 0 Å². The second-order valence-electron chi connectivity index (χ2n) is 1.91. The molecule has 1 aromatic rings. The van der Waals surface area contributed by atoms with E-state index in [4.69, 9.17) is 10.0 Å². The highest BCUT2D eigenvalue weighted by Gasteiger charge is 2.17. The van der Waals surface area contributed by atoms with Crippen molar-refractivity contribution in [1.82, 2.24) is 4.98 Å². The normalized spacial score (nSPS) is 9.82. The van der Waals surface area contributed by atoms with Gasteiger partial charge in [0, 0.05) is 5.46 Å². The molecule has 0 aromatic carbocycles. The molecular weight excluding hydrogens is 155 g/mol. The maximum Gasteiger partial charge on any atom is 0.493 e. The molecule has 0 saturated heterocycles. The molecule has 0 radical (unpaired) electrons. The van der Waals surface area contributed by atoms with Crippen molar-refractivity contribution < 1.29 is 18.8 Å². The highest BCUT2D eigenvalue weighted by Crippen LogP contribution is 1.94. The van der Waals surface area contributed by atoms with Crippen molar-refractivity contribution >= 4 is 12.6 Å². The van der Waals surface area contributed by atoms with E-state index in [1.54, 1.807) is 0 Å². The summed E-state index contributed by atoms with van der Waals surface area (Å²) in [7, 11) is -2.03. The Morgan fingerprint density at radius 1 is 1.36 bits per heavy atom. The zero-order valence-electron chi connectivity index (χ0n) is 5.33. The zero-order chi connectivity index (χ0) is 8.43. The van der Waals surface area contributed by atoms with E-state index in [9.17, 15) is 8.78 Å². The van der Waals surface area contributed by atoms with Gasteiger partial charge in [-0.05, 0) is 6.07 Å². The van der Waals surface area contributed by atoms with Crippen molar-refractivity contribution in [2.45, 2.75) is 0 Å². The quantitative estimate of drug-likeness (QED) is 0.409. The molecular formula is C5H4BF2NO2. The Morgan fingerprint density at radius 3 is 2.45 bits per heavy atom. The van der Waals surface area contributed by atoms with Gasteiger partial charge in [0.25, 0.3) is 0 Å². The molecule has 1 rings (SSSR count). The summed E-state index contributed by atoms with van der Waals surface area (Å²) in [4.78, 5) is 2.94. The lowest BCUT2D eigenvalue weighted by atomic mass is 9.81. The average molecular weight is 159 g/mol. The van der Waals surface area contributed by atoms with Crippen molar-refractivity contribution in [2.24, 2.45) is 0 Å². The van der Waals surface area contributed by atoms with Crippen LogP contribution in [-0.2, 0) is 0 Å². The van der Waals surface area contributed by atoms with Gasteiger partial charge >= 0.3 is 7.12 Å². The Balaban J connectivity index is 3.13. The van der Waals surface area contributed by atoms with Gasteiger partial charge in [0.15, 0.2) is 0 Å². The SMILES string of the molecule is OB(O)c1cc(F)cnc1F. The Labute approximate surface area is 61.5 Å². The van der Waals surface area contributed by atoms with Crippen LogP contribution in [0.15, 0.2) is 12.3 Å². The molecule has 3 nitrogen and oxygen atoms in total. The molecule has 0 fully saturated rings. The van der Waals surface area contributed by atoms with Gasteiger partial charge in [-0.25, -0.2) is 9.37 Å². The summed E-state index contributed by atoms with van der Waals surface area (Å²) >= 11 is 0. The molecule has 1 heterocycles. The third kappa shape index (κ3) is 1.72. The first-order valence-corrected chi connectivity index (χ1v) is 2.78. The predicted octanol–water partition coefficient (Wildman–Crippen LogP) is -0.960. The zero-order valence-corrected chi connectivity index (χ0v) is 5.33. The van der Waals surface area contributed by atoms with E-state index in [-0.39, 0.29) is 0 Å². The van der Waals surface area contributed by atoms with Crippen LogP contribution in [0.1, 0.15) is 0 Å². The highest BCUT2D eigenvalue weighted by atomic mass is 19.1. The Kier molecular flexibility index (Phi) is 2.16. The number of hydrogen-bond acceptors (Lipinski definition) is 3. The minimum atomic E-state index is -2.03. The van der Waals surface area contributed by atoms with Gasteiger partial charge in [0.2, 0.25) is 5.95 Å². The third-order valence-electron chi connectivity index (χ3n) is 1.11. The lowest BCUT2D eigenvalue weighted by molar-refractivity contribution is 0.421. The summed E-state index contributed by atoms with van der Waals surface area (Å²) in [5.41, 5.74) is -0.565. The summed E-state index contributed by atoms with van der Waals surface area (Å²) in [6.45, 7) is 0. The highest BCUT2D eigenvalue weighted by molar-refractivity contribution is 6.58. The van der Waals surface area contributed by atoms with Crippen LogP contribution >= 0.6 is 0 Å². The minimum absolute atomic E-state index is 0.565. The van der Waals surface area contributed by atoms with E-state index in [1.807, 2.05) is 0 Å². The van der Waals surface area contributed by atoms with Gasteiger partial charge in [-0.1, -0.05) is 0 Å². The van der Waals surface area contributed by atoms with Gasteiger partial charge in [-0.3, -0.25) is 0 Å². The molecule has 0 saturated carbocycles. The monoisotopic (exact) mass is 159 g/mol. The minimum Gasteiger partial charge on any atom is -0.423 e. The maximum absolute atomic E-state index is 12.4. The molecule has 0 atom stereocenters. The smallest absolute Gasteiger partial charge is 0.423 e. The van der Waals surface area contributed by atoms with Crippen LogP contribution in [0.5, 0.6) is 0 Å². The van der Waals surface area contributed by atoms with E-state index >= 15 is 0 Å². The summed E-state index contributed by atoms with van der Waals surface area (Å²) in [6.07, 6.45) is 0.654. The number of nitrogens with zero attached hydrogens (tertiary/aromatic N) is 1. The maximum atomic E-state index is 12.4. The van der Waals surface area contributed by atoms with Crippen molar-refractivity contribution in [3.63, 3.8) is 0 Å². The molecule has 58 valence electrons. The molecule has 0 unspecified atom stereocenters. The van der Waals surface area contributed by atoms with Crippen LogP contribution in [0.2, 0.25) is 0 Å². The third-order valence-corrected chi connectivity index (χ3v) is 1.11. The number of halogens is 2. The molecule has 0 aliphatic heterocycles. The first-order valence-electron chi connectivity index (χ1n) is 2.78. The fraction of sp³-hybridized carbons (Fsp3) is 0. The average Bonchev–Trinajstić information content (AvgIpc) is 1.94. The molecule has 0 spiro atoms. The number of hydrogen-bond donors (Lipinski definition) is 2. The van der Waals surface area contributed by atoms with E-state index in [0.717, 1.165) is 0 Å². The summed E-state index contributed by atoms with van der Waals surface area (Å²) in [5.74, 6) is -1.89. The second-order valence-corrected chi connectivity index (χ2v) is 1.91. The molecule has 1 aromatic heterocycles. The van der Waals surface area contributed by atoms with E-state index in [2.05, 4.69) is 4.98 Å². The standard InChI is InChI=1S/C5H4BF2NO2/c7-3-1-4(6(10)11)5(8)9-2-3/h1-2,10-11H. The fourth-order valence-corrected chi connectivity index (χ4v) is 0.619. The van der Waals surface area contributed by atoms with Crippen LogP contribution < -0.4 is 5.46 Å². The van der Waals surface area contributed by atoms with Gasteiger partial charge in [-0.2, -0.15) is 4.39 Å². The number of rotatable bonds is 1. The Hall–Kier alpha value is -1.01. The van der Waals surface area contributed by atoms with Gasteiger partial charge in [0.1, 0.15) is 5.82 Å². The summed E-state index contributed by atoms with van der Waals surface area (Å²) in [6, 6.07) is 0.674. The largest absolute Gasteiger partial charge is 0.493 e. The van der Waals surface area contributed by atoms with E-state index in [0.29, 0.717) is 12.3 Å². The topological polar surface area (TPSA) is 53.4 Å². The molecule has 0 amide bonds.